The molecule has 2 rings (SSSR count). The van der Waals surface area contributed by atoms with Gasteiger partial charge in [0.15, 0.2) is 0 Å². The summed E-state index contributed by atoms with van der Waals surface area (Å²) in [5.41, 5.74) is 2.49. The molecule has 4 atom stereocenters. The van der Waals surface area contributed by atoms with Crippen molar-refractivity contribution >= 4 is 72.8 Å². The minimum Gasteiger partial charge on any atom is -0.546 e. The number of unbranched alkanes of at least 4 members (excludes halogenated alkanes) is 20. The van der Waals surface area contributed by atoms with Crippen LogP contribution in [0, 0.1) is 0 Å². The molecule has 0 aromatic heterocycles. The Morgan fingerprint density at radius 2 is 0.662 bits per heavy atom. The van der Waals surface area contributed by atoms with Gasteiger partial charge in [-0.15, -0.1) is 0 Å². The molecule has 0 spiro atoms. The molecule has 0 aliphatic heterocycles. The van der Waals surface area contributed by atoms with Crippen LogP contribution in [0.25, 0.3) is 0 Å². The molecular weight excluding hydrogens is 946 g/mol. The molecule has 0 fully saturated rings. The van der Waals surface area contributed by atoms with Crippen LogP contribution in [0.1, 0.15) is 219 Å². The van der Waals surface area contributed by atoms with Gasteiger partial charge < -0.3 is 38.7 Å². The first kappa shape index (κ1) is 62.8. The monoisotopic (exact) mass is 1030 g/mol. The molecule has 0 amide bonds. The molecule has 0 bridgehead atoms. The van der Waals surface area contributed by atoms with E-state index in [4.69, 9.17) is 18.9 Å². The smallest absolute Gasteiger partial charge is 0.546 e. The molecule has 0 aliphatic rings. The number of hydrogen-bond donors (Lipinski definition) is 0. The number of aliphatic carboxylic acids is 2. The number of benzene rings is 2. The fourth-order valence-corrected chi connectivity index (χ4v) is 7.82. The molecule has 0 saturated heterocycles. The largest absolute Gasteiger partial charge is 2.00 e. The zero-order valence-corrected chi connectivity index (χ0v) is 45.5. The summed E-state index contributed by atoms with van der Waals surface area (Å²) in [4.78, 5) is 43.6. The maximum Gasteiger partial charge on any atom is 2.00 e. The van der Waals surface area contributed by atoms with E-state index in [1.165, 1.54) is 128 Å². The minimum atomic E-state index is -1.30. The molecule has 65 heavy (non-hydrogen) atoms. The van der Waals surface area contributed by atoms with Crippen LogP contribution in [0.3, 0.4) is 0 Å². The van der Waals surface area contributed by atoms with Gasteiger partial charge in [-0.25, -0.2) is 0 Å². The average molecular weight is 1030 g/mol. The summed E-state index contributed by atoms with van der Waals surface area (Å²) in [6, 6.07) is 20.8. The number of carboxylic acids is 2. The Morgan fingerprint density at radius 3 is 0.892 bits per heavy atom. The summed E-state index contributed by atoms with van der Waals surface area (Å²) in [6.45, 7) is 8.28. The first-order valence-corrected chi connectivity index (χ1v) is 25.1. The fourth-order valence-electron chi connectivity index (χ4n) is 7.82. The van der Waals surface area contributed by atoms with E-state index in [-0.39, 0.29) is 48.9 Å². The Hall–Kier alpha value is -2.19. The van der Waals surface area contributed by atoms with Crippen molar-refractivity contribution in [3.8, 4) is 0 Å². The standard InChI is InChI=1S/2C27H44O5.Ba/c2*1-3-25(31-22-24-18-14-13-15-19-24)20-16-11-9-7-5-4-6-8-10-12-17-21-26(27(29)30)32-23(2)28;/h2*13-15,18-19,25-26H,3-12,16-17,20-22H2,1-2H3,(H,29,30);/q;;+2/p-2. The van der Waals surface area contributed by atoms with Gasteiger partial charge in [-0.1, -0.05) is 203 Å². The molecule has 0 heterocycles. The molecule has 0 saturated carbocycles. The zero-order valence-electron chi connectivity index (χ0n) is 41.1. The van der Waals surface area contributed by atoms with Crippen molar-refractivity contribution in [2.24, 2.45) is 0 Å². The Labute approximate surface area is 434 Å². The van der Waals surface area contributed by atoms with Crippen LogP contribution >= 0.6 is 0 Å². The molecule has 2 aromatic rings. The van der Waals surface area contributed by atoms with Gasteiger partial charge >= 0.3 is 60.8 Å². The van der Waals surface area contributed by atoms with Gasteiger partial charge in [-0.05, 0) is 62.5 Å². The number of hydrogen-bond acceptors (Lipinski definition) is 10. The number of carboxylic acid groups (broad SMARTS) is 2. The number of ether oxygens (including phenoxy) is 4. The van der Waals surface area contributed by atoms with Gasteiger partial charge in [0.25, 0.3) is 0 Å². The van der Waals surface area contributed by atoms with Crippen molar-refractivity contribution in [3.05, 3.63) is 71.8 Å². The van der Waals surface area contributed by atoms with E-state index in [0.717, 1.165) is 64.2 Å². The number of carbonyl (C=O) groups is 4. The molecule has 364 valence electrons. The third-order valence-electron chi connectivity index (χ3n) is 11.7. The van der Waals surface area contributed by atoms with E-state index in [0.29, 0.717) is 38.3 Å². The van der Waals surface area contributed by atoms with Crippen LogP contribution in [0.4, 0.5) is 0 Å². The van der Waals surface area contributed by atoms with Crippen molar-refractivity contribution in [1.29, 1.82) is 0 Å². The van der Waals surface area contributed by atoms with Gasteiger partial charge in [-0.2, -0.15) is 0 Å². The Morgan fingerprint density at radius 1 is 0.415 bits per heavy atom. The van der Waals surface area contributed by atoms with Gasteiger partial charge in [-0.3, -0.25) is 9.59 Å². The topological polar surface area (TPSA) is 151 Å². The van der Waals surface area contributed by atoms with Crippen molar-refractivity contribution in [3.63, 3.8) is 0 Å². The second-order valence-corrected chi connectivity index (χ2v) is 17.4. The summed E-state index contributed by atoms with van der Waals surface area (Å²) >= 11 is 0. The average Bonchev–Trinajstić information content (AvgIpc) is 3.28. The maximum absolute atomic E-state index is 10.9. The van der Waals surface area contributed by atoms with Crippen LogP contribution < -0.4 is 10.2 Å². The number of carbonyl (C=O) groups excluding carboxylic acids is 4. The third kappa shape index (κ3) is 38.5. The van der Waals surface area contributed by atoms with Crippen LogP contribution in [-0.4, -0.2) is 97.2 Å². The summed E-state index contributed by atoms with van der Waals surface area (Å²) in [6.07, 6.45) is 29.5. The normalized spacial score (nSPS) is 12.7. The number of rotatable bonds is 40. The summed E-state index contributed by atoms with van der Waals surface area (Å²) in [7, 11) is 0. The fraction of sp³-hybridized carbons (Fsp3) is 0.704. The Bertz CT molecular complexity index is 1320. The molecule has 0 N–H and O–H groups in total. The second kappa shape index (κ2) is 44.3. The van der Waals surface area contributed by atoms with E-state index in [1.807, 2.05) is 12.1 Å². The maximum atomic E-state index is 10.9. The summed E-state index contributed by atoms with van der Waals surface area (Å²) < 4.78 is 21.6. The van der Waals surface area contributed by atoms with Crippen LogP contribution in [0.5, 0.6) is 0 Å². The third-order valence-corrected chi connectivity index (χ3v) is 11.7. The van der Waals surface area contributed by atoms with Gasteiger partial charge in [0.05, 0.1) is 37.4 Å². The van der Waals surface area contributed by atoms with E-state index < -0.39 is 36.1 Å². The van der Waals surface area contributed by atoms with E-state index in [1.54, 1.807) is 0 Å². The SMILES string of the molecule is CCC(CCCCCCCCCCCCCC(OC(C)=O)C(=O)[O-])OCc1ccccc1.CCC(CCCCCCCCCCCCCC(OC(C)=O)C(=O)[O-])OCc1ccccc1.[Ba+2]. The minimum absolute atomic E-state index is 0. The van der Waals surface area contributed by atoms with Crippen molar-refractivity contribution in [2.75, 3.05) is 0 Å². The van der Waals surface area contributed by atoms with E-state index >= 15 is 0 Å². The zero-order chi connectivity index (χ0) is 46.9. The number of esters is 2. The molecule has 4 unspecified atom stereocenters. The molecule has 10 nitrogen and oxygen atoms in total. The van der Waals surface area contributed by atoms with Crippen LogP contribution in [0.2, 0.25) is 0 Å². The first-order valence-electron chi connectivity index (χ1n) is 25.1. The molecule has 11 heteroatoms. The van der Waals surface area contributed by atoms with E-state index in [2.05, 4.69) is 62.4 Å². The van der Waals surface area contributed by atoms with Crippen LogP contribution in [0.15, 0.2) is 60.7 Å². The summed E-state index contributed by atoms with van der Waals surface area (Å²) in [5, 5.41) is 21.8. The Kier molecular flexibility index (Phi) is 42.8. The van der Waals surface area contributed by atoms with Crippen molar-refractivity contribution in [2.45, 2.75) is 245 Å². The quantitative estimate of drug-likeness (QED) is 0.0358. The molecule has 0 radical (unpaired) electrons. The van der Waals surface area contributed by atoms with E-state index in [9.17, 15) is 29.4 Å². The molecule has 0 aliphatic carbocycles. The molecule has 2 aromatic carbocycles. The summed E-state index contributed by atoms with van der Waals surface area (Å²) in [5.74, 6) is -3.74. The second-order valence-electron chi connectivity index (χ2n) is 17.4. The first-order chi connectivity index (χ1) is 31.0. The predicted molar refractivity (Wildman–Crippen MR) is 258 cm³/mol. The van der Waals surface area contributed by atoms with Gasteiger partial charge in [0.2, 0.25) is 0 Å². The van der Waals surface area contributed by atoms with Crippen molar-refractivity contribution < 1.29 is 48.3 Å². The van der Waals surface area contributed by atoms with Gasteiger partial charge in [0, 0.05) is 13.8 Å². The molecular formula is C54H86BaO10. The van der Waals surface area contributed by atoms with Gasteiger partial charge in [0.1, 0.15) is 12.2 Å². The predicted octanol–water partition coefficient (Wildman–Crippen LogP) is 11.1. The Balaban J connectivity index is 0.00000124. The van der Waals surface area contributed by atoms with Crippen molar-refractivity contribution in [1.82, 2.24) is 0 Å². The van der Waals surface area contributed by atoms with Crippen LogP contribution in [-0.2, 0) is 51.3 Å².